The number of amides is 2. The molecule has 1 aliphatic heterocycles. The van der Waals surface area contributed by atoms with E-state index in [1.54, 1.807) is 5.38 Å². The Kier molecular flexibility index (Phi) is 9.94. The van der Waals surface area contributed by atoms with Crippen molar-refractivity contribution in [3.8, 4) is 0 Å². The fourth-order valence-corrected chi connectivity index (χ4v) is 5.13. The number of ether oxygens (including phenoxy) is 2. The molecular weight excluding hydrogens is 500 g/mol. The standard InChI is InChI=1S/C24H42N4O6SSi/c1-23(2,3)34-22(31)25-16-10-12-28(13-11-16)21-27-18(15-35-21)19(29)26-17(20(30)32-7)14-33-36(8,9)24(4,5)6/h15-17H,10-14H2,1-9H3,(H,25,31)(H,26,29)/t17-/m0/s1. The molecule has 0 aliphatic carbocycles. The van der Waals surface area contributed by atoms with Crippen LogP contribution in [-0.2, 0) is 18.7 Å². The number of rotatable bonds is 8. The number of carbonyl (C=O) groups excluding carboxylic acids is 3. The summed E-state index contributed by atoms with van der Waals surface area (Å²) >= 11 is 1.37. The number of anilines is 1. The van der Waals surface area contributed by atoms with Crippen molar-refractivity contribution < 1.29 is 28.3 Å². The maximum atomic E-state index is 12.9. The fraction of sp³-hybridized carbons (Fsp3) is 0.750. The lowest BCUT2D eigenvalue weighted by molar-refractivity contribution is -0.143. The molecule has 204 valence electrons. The summed E-state index contributed by atoms with van der Waals surface area (Å²) in [7, 11) is -0.829. The number of aromatic nitrogens is 1. The van der Waals surface area contributed by atoms with Gasteiger partial charge in [-0.2, -0.15) is 0 Å². The summed E-state index contributed by atoms with van der Waals surface area (Å²) in [6.45, 7) is 17.4. The molecule has 1 aromatic heterocycles. The molecule has 10 nitrogen and oxygen atoms in total. The maximum absolute atomic E-state index is 12.9. The van der Waals surface area contributed by atoms with E-state index in [1.165, 1.54) is 18.4 Å². The van der Waals surface area contributed by atoms with Gasteiger partial charge in [0.2, 0.25) is 0 Å². The van der Waals surface area contributed by atoms with Crippen LogP contribution in [0.4, 0.5) is 9.93 Å². The Morgan fingerprint density at radius 2 is 1.78 bits per heavy atom. The lowest BCUT2D eigenvalue weighted by Gasteiger charge is -2.37. The van der Waals surface area contributed by atoms with Crippen molar-refractivity contribution in [3.05, 3.63) is 11.1 Å². The Balaban J connectivity index is 1.94. The smallest absolute Gasteiger partial charge is 0.407 e. The van der Waals surface area contributed by atoms with Gasteiger partial charge in [0.15, 0.2) is 13.4 Å². The minimum absolute atomic E-state index is 0.0283. The predicted octanol–water partition coefficient (Wildman–Crippen LogP) is 3.93. The first-order valence-electron chi connectivity index (χ1n) is 12.2. The second-order valence-electron chi connectivity index (χ2n) is 11.5. The topological polar surface area (TPSA) is 119 Å². The minimum Gasteiger partial charge on any atom is -0.467 e. The molecule has 1 fully saturated rings. The number of hydrogen-bond donors (Lipinski definition) is 2. The van der Waals surface area contributed by atoms with Crippen LogP contribution in [0.5, 0.6) is 0 Å². The van der Waals surface area contributed by atoms with Crippen LogP contribution in [0.3, 0.4) is 0 Å². The average Bonchev–Trinajstić information content (AvgIpc) is 3.24. The SMILES string of the molecule is COC(=O)[C@H](CO[Si](C)(C)C(C)(C)C)NC(=O)c1csc(N2CCC(NC(=O)OC(C)(C)C)CC2)n1. The summed E-state index contributed by atoms with van der Waals surface area (Å²) in [5.41, 5.74) is -0.294. The number of nitrogens with zero attached hydrogens (tertiary/aromatic N) is 2. The molecule has 1 saturated heterocycles. The molecule has 0 saturated carbocycles. The molecule has 0 unspecified atom stereocenters. The predicted molar refractivity (Wildman–Crippen MR) is 143 cm³/mol. The van der Waals surface area contributed by atoms with Gasteiger partial charge in [-0.05, 0) is 51.7 Å². The van der Waals surface area contributed by atoms with Crippen LogP contribution >= 0.6 is 11.3 Å². The summed E-state index contributed by atoms with van der Waals surface area (Å²) in [4.78, 5) is 43.8. The molecule has 2 amide bonds. The number of thiazole rings is 1. The summed E-state index contributed by atoms with van der Waals surface area (Å²) in [5, 5.41) is 8.01. The number of esters is 1. The molecule has 2 rings (SSSR count). The monoisotopic (exact) mass is 542 g/mol. The highest BCUT2D eigenvalue weighted by Crippen LogP contribution is 2.36. The Hall–Kier alpha value is -2.18. The summed E-state index contributed by atoms with van der Waals surface area (Å²) in [6.07, 6.45) is 1.08. The Bertz CT molecular complexity index is 916. The molecule has 0 spiro atoms. The van der Waals surface area contributed by atoms with Crippen molar-refractivity contribution >= 4 is 42.8 Å². The highest BCUT2D eigenvalue weighted by Gasteiger charge is 2.38. The summed E-state index contributed by atoms with van der Waals surface area (Å²) in [5.74, 6) is -1.01. The average molecular weight is 543 g/mol. The van der Waals surface area contributed by atoms with Gasteiger partial charge < -0.3 is 29.4 Å². The molecule has 0 bridgehead atoms. The highest BCUT2D eigenvalue weighted by molar-refractivity contribution is 7.13. The van der Waals surface area contributed by atoms with Crippen molar-refractivity contribution in [1.82, 2.24) is 15.6 Å². The van der Waals surface area contributed by atoms with Crippen LogP contribution in [0.15, 0.2) is 5.38 Å². The van der Waals surface area contributed by atoms with E-state index in [1.807, 2.05) is 20.8 Å². The summed E-state index contributed by atoms with van der Waals surface area (Å²) in [6, 6.07) is -0.892. The largest absolute Gasteiger partial charge is 0.467 e. The first kappa shape index (κ1) is 30.0. The highest BCUT2D eigenvalue weighted by atomic mass is 32.1. The van der Waals surface area contributed by atoms with E-state index < -0.39 is 37.9 Å². The van der Waals surface area contributed by atoms with Gasteiger partial charge in [-0.3, -0.25) is 4.79 Å². The van der Waals surface area contributed by atoms with E-state index in [-0.39, 0.29) is 23.4 Å². The van der Waals surface area contributed by atoms with Gasteiger partial charge in [0.25, 0.3) is 5.91 Å². The number of methoxy groups -OCH3 is 1. The van der Waals surface area contributed by atoms with E-state index in [0.717, 1.165) is 18.0 Å². The van der Waals surface area contributed by atoms with Crippen LogP contribution in [0.1, 0.15) is 64.9 Å². The Labute approximate surface area is 219 Å². The van der Waals surface area contributed by atoms with E-state index in [4.69, 9.17) is 13.9 Å². The van der Waals surface area contributed by atoms with Crippen LogP contribution in [-0.4, -0.2) is 75.8 Å². The first-order chi connectivity index (χ1) is 16.5. The van der Waals surface area contributed by atoms with Crippen molar-refractivity contribution in [3.63, 3.8) is 0 Å². The molecule has 2 heterocycles. The first-order valence-corrected chi connectivity index (χ1v) is 16.0. The molecule has 1 aliphatic rings. The molecular formula is C24H42N4O6SSi. The maximum Gasteiger partial charge on any atom is 0.407 e. The van der Waals surface area contributed by atoms with Gasteiger partial charge in [-0.1, -0.05) is 20.8 Å². The second kappa shape index (κ2) is 11.9. The normalized spacial score (nSPS) is 16.3. The van der Waals surface area contributed by atoms with Gasteiger partial charge >= 0.3 is 12.1 Å². The third kappa shape index (κ3) is 8.73. The summed E-state index contributed by atoms with van der Waals surface area (Å²) < 4.78 is 16.4. The van der Waals surface area contributed by atoms with Gasteiger partial charge in [-0.25, -0.2) is 14.6 Å². The van der Waals surface area contributed by atoms with Crippen LogP contribution < -0.4 is 15.5 Å². The van der Waals surface area contributed by atoms with Crippen molar-refractivity contribution in [2.75, 3.05) is 31.7 Å². The lowest BCUT2D eigenvalue weighted by Crippen LogP contribution is -2.49. The molecule has 36 heavy (non-hydrogen) atoms. The van der Waals surface area contributed by atoms with Gasteiger partial charge in [0.1, 0.15) is 17.3 Å². The molecule has 12 heteroatoms. The molecule has 0 radical (unpaired) electrons. The number of hydrogen-bond acceptors (Lipinski definition) is 9. The van der Waals surface area contributed by atoms with Gasteiger partial charge in [0.05, 0.1) is 13.7 Å². The Morgan fingerprint density at radius 1 is 1.17 bits per heavy atom. The number of alkyl carbamates (subject to hydrolysis) is 1. The number of nitrogens with one attached hydrogen (secondary N) is 2. The Morgan fingerprint density at radius 3 is 2.31 bits per heavy atom. The van der Waals surface area contributed by atoms with Crippen molar-refractivity contribution in [1.29, 1.82) is 0 Å². The third-order valence-electron chi connectivity index (χ3n) is 6.42. The third-order valence-corrected chi connectivity index (χ3v) is 11.8. The quantitative estimate of drug-likeness (QED) is 0.375. The number of carbonyl (C=O) groups is 3. The van der Waals surface area contributed by atoms with E-state index in [0.29, 0.717) is 13.1 Å². The van der Waals surface area contributed by atoms with Crippen LogP contribution in [0.2, 0.25) is 18.1 Å². The molecule has 1 atom stereocenters. The fourth-order valence-electron chi connectivity index (χ4n) is 3.25. The molecule has 2 N–H and O–H groups in total. The number of piperidine rings is 1. The zero-order valence-corrected chi connectivity index (χ0v) is 24.8. The van der Waals surface area contributed by atoms with Crippen LogP contribution in [0.25, 0.3) is 0 Å². The minimum atomic E-state index is -2.12. The van der Waals surface area contributed by atoms with E-state index >= 15 is 0 Å². The van der Waals surface area contributed by atoms with Crippen LogP contribution in [0, 0.1) is 0 Å². The van der Waals surface area contributed by atoms with Gasteiger partial charge in [-0.15, -0.1) is 11.3 Å². The van der Waals surface area contributed by atoms with E-state index in [9.17, 15) is 14.4 Å². The van der Waals surface area contributed by atoms with Crippen molar-refractivity contribution in [2.45, 2.75) is 90.2 Å². The lowest BCUT2D eigenvalue weighted by atomic mass is 10.1. The zero-order chi connectivity index (χ0) is 27.3. The van der Waals surface area contributed by atoms with Gasteiger partial charge in [0, 0.05) is 24.5 Å². The molecule has 1 aromatic rings. The van der Waals surface area contributed by atoms with Crippen molar-refractivity contribution in [2.24, 2.45) is 0 Å². The molecule has 0 aromatic carbocycles. The van der Waals surface area contributed by atoms with E-state index in [2.05, 4.69) is 54.4 Å². The zero-order valence-electron chi connectivity index (χ0n) is 23.0. The second-order valence-corrected chi connectivity index (χ2v) is 17.2.